The first kappa shape index (κ1) is 16.2. The van der Waals surface area contributed by atoms with Crippen LogP contribution in [0.3, 0.4) is 0 Å². The van der Waals surface area contributed by atoms with Crippen LogP contribution in [0.15, 0.2) is 22.7 Å². The van der Waals surface area contributed by atoms with E-state index in [9.17, 15) is 4.79 Å². The minimum absolute atomic E-state index is 0.00278. The molecular formula is C15H22BrNO2. The predicted octanol–water partition coefficient (Wildman–Crippen LogP) is 3.29. The van der Waals surface area contributed by atoms with Gasteiger partial charge in [0.1, 0.15) is 0 Å². The molecule has 0 aliphatic rings. The summed E-state index contributed by atoms with van der Waals surface area (Å²) in [6.07, 6.45) is 1.66. The van der Waals surface area contributed by atoms with E-state index >= 15 is 0 Å². The lowest BCUT2D eigenvalue weighted by atomic mass is 9.88. The lowest BCUT2D eigenvalue weighted by molar-refractivity contribution is 0.0933. The molecule has 19 heavy (non-hydrogen) atoms. The molecule has 0 aliphatic carbocycles. The van der Waals surface area contributed by atoms with Gasteiger partial charge in [0, 0.05) is 23.2 Å². The van der Waals surface area contributed by atoms with Crippen molar-refractivity contribution >= 4 is 21.8 Å². The zero-order chi connectivity index (χ0) is 14.5. The molecule has 0 unspecified atom stereocenters. The zero-order valence-electron chi connectivity index (χ0n) is 11.8. The van der Waals surface area contributed by atoms with E-state index in [1.54, 1.807) is 0 Å². The Morgan fingerprint density at radius 1 is 1.42 bits per heavy atom. The Bertz CT molecular complexity index is 444. The summed E-state index contributed by atoms with van der Waals surface area (Å²) in [6, 6.07) is 5.58. The highest BCUT2D eigenvalue weighted by atomic mass is 79.9. The van der Waals surface area contributed by atoms with E-state index in [0.29, 0.717) is 12.1 Å². The Kier molecular flexibility index (Phi) is 6.01. The van der Waals surface area contributed by atoms with Crippen molar-refractivity contribution < 1.29 is 9.90 Å². The molecule has 0 heterocycles. The van der Waals surface area contributed by atoms with Gasteiger partial charge >= 0.3 is 0 Å². The number of carbonyl (C=O) groups is 1. The molecular weight excluding hydrogens is 306 g/mol. The summed E-state index contributed by atoms with van der Waals surface area (Å²) in [6.45, 7) is 6.96. The van der Waals surface area contributed by atoms with Gasteiger partial charge in [-0.05, 0) is 48.9 Å². The third-order valence-electron chi connectivity index (χ3n) is 3.16. The van der Waals surface area contributed by atoms with Crippen LogP contribution in [0.2, 0.25) is 0 Å². The van der Waals surface area contributed by atoms with E-state index in [0.717, 1.165) is 22.9 Å². The topological polar surface area (TPSA) is 49.3 Å². The Labute approximate surface area is 123 Å². The average Bonchev–Trinajstić information content (AvgIpc) is 2.37. The van der Waals surface area contributed by atoms with Crippen LogP contribution in [-0.2, 0) is 0 Å². The second-order valence-electron chi connectivity index (χ2n) is 5.64. The number of aryl methyl sites for hydroxylation is 1. The fourth-order valence-corrected chi connectivity index (χ4v) is 2.10. The second kappa shape index (κ2) is 7.06. The number of hydrogen-bond acceptors (Lipinski definition) is 2. The van der Waals surface area contributed by atoms with E-state index in [-0.39, 0.29) is 17.9 Å². The Morgan fingerprint density at radius 3 is 2.68 bits per heavy atom. The highest BCUT2D eigenvalue weighted by molar-refractivity contribution is 9.10. The minimum atomic E-state index is -0.0485. The maximum atomic E-state index is 12.1. The average molecular weight is 328 g/mol. The van der Waals surface area contributed by atoms with E-state index in [2.05, 4.69) is 35.1 Å². The molecule has 3 nitrogen and oxygen atoms in total. The molecule has 2 N–H and O–H groups in total. The number of amides is 1. The largest absolute Gasteiger partial charge is 0.396 e. The number of rotatable bonds is 6. The Hall–Kier alpha value is -0.870. The van der Waals surface area contributed by atoms with Crippen molar-refractivity contribution in [2.75, 3.05) is 13.2 Å². The molecule has 0 saturated heterocycles. The third-order valence-corrected chi connectivity index (χ3v) is 4.05. The first-order chi connectivity index (χ1) is 8.85. The molecule has 0 spiro atoms. The first-order valence-electron chi connectivity index (χ1n) is 6.51. The number of carbonyl (C=O) groups excluding carboxylic acids is 1. The molecule has 1 rings (SSSR count). The zero-order valence-corrected chi connectivity index (χ0v) is 13.4. The van der Waals surface area contributed by atoms with E-state index in [1.807, 2.05) is 25.1 Å². The van der Waals surface area contributed by atoms with Crippen LogP contribution in [0.1, 0.15) is 42.6 Å². The molecule has 1 amide bonds. The van der Waals surface area contributed by atoms with Gasteiger partial charge in [-0.3, -0.25) is 4.79 Å². The summed E-state index contributed by atoms with van der Waals surface area (Å²) in [5.74, 6) is -0.0485. The van der Waals surface area contributed by atoms with Crippen molar-refractivity contribution in [3.05, 3.63) is 33.8 Å². The first-order valence-corrected chi connectivity index (χ1v) is 7.30. The highest BCUT2D eigenvalue weighted by Gasteiger charge is 2.18. The quantitative estimate of drug-likeness (QED) is 0.842. The summed E-state index contributed by atoms with van der Waals surface area (Å²) in [5, 5.41) is 11.8. The highest BCUT2D eigenvalue weighted by Crippen LogP contribution is 2.21. The molecule has 0 aliphatic heterocycles. The van der Waals surface area contributed by atoms with Gasteiger partial charge in [-0.2, -0.15) is 0 Å². The maximum absolute atomic E-state index is 12.1. The lowest BCUT2D eigenvalue weighted by Crippen LogP contribution is -2.34. The van der Waals surface area contributed by atoms with Gasteiger partial charge in [0.05, 0.1) is 0 Å². The molecule has 0 saturated carbocycles. The van der Waals surface area contributed by atoms with Gasteiger partial charge in [-0.15, -0.1) is 0 Å². The molecule has 4 heteroatoms. The normalized spacial score (nSPS) is 11.4. The number of aliphatic hydroxyl groups excluding tert-OH is 1. The summed E-state index contributed by atoms with van der Waals surface area (Å²) < 4.78 is 1.01. The van der Waals surface area contributed by atoms with Crippen LogP contribution in [0.5, 0.6) is 0 Å². The Morgan fingerprint density at radius 2 is 2.11 bits per heavy atom. The van der Waals surface area contributed by atoms with Crippen molar-refractivity contribution in [2.45, 2.75) is 33.6 Å². The van der Waals surface area contributed by atoms with Crippen molar-refractivity contribution in [3.63, 3.8) is 0 Å². The standard InChI is InChI=1S/C15H22BrNO2/c1-11-9-12(5-6-13(11)16)14(19)17-10-15(2,3)7-4-8-18/h5-6,9,18H,4,7-8,10H2,1-3H3,(H,17,19). The van der Waals surface area contributed by atoms with Crippen LogP contribution < -0.4 is 5.32 Å². The van der Waals surface area contributed by atoms with Crippen LogP contribution in [-0.4, -0.2) is 24.2 Å². The SMILES string of the molecule is Cc1cc(C(=O)NCC(C)(C)CCCO)ccc1Br. The lowest BCUT2D eigenvalue weighted by Gasteiger charge is -2.24. The molecule has 1 aromatic rings. The number of hydrogen-bond donors (Lipinski definition) is 2. The van der Waals surface area contributed by atoms with E-state index in [1.165, 1.54) is 0 Å². The van der Waals surface area contributed by atoms with Crippen LogP contribution in [0.25, 0.3) is 0 Å². The maximum Gasteiger partial charge on any atom is 0.251 e. The van der Waals surface area contributed by atoms with Crippen molar-refractivity contribution in [2.24, 2.45) is 5.41 Å². The molecule has 106 valence electrons. The molecule has 1 aromatic carbocycles. The number of benzene rings is 1. The monoisotopic (exact) mass is 327 g/mol. The summed E-state index contributed by atoms with van der Waals surface area (Å²) >= 11 is 3.42. The molecule has 0 bridgehead atoms. The third kappa shape index (κ3) is 5.33. The van der Waals surface area contributed by atoms with Gasteiger partial charge in [0.15, 0.2) is 0 Å². The minimum Gasteiger partial charge on any atom is -0.396 e. The Balaban J connectivity index is 2.57. The molecule has 0 aromatic heterocycles. The number of halogens is 1. The van der Waals surface area contributed by atoms with Crippen molar-refractivity contribution in [1.29, 1.82) is 0 Å². The summed E-state index contributed by atoms with van der Waals surface area (Å²) in [5.41, 5.74) is 1.73. The summed E-state index contributed by atoms with van der Waals surface area (Å²) in [7, 11) is 0. The summed E-state index contributed by atoms with van der Waals surface area (Å²) in [4.78, 5) is 12.1. The smallest absolute Gasteiger partial charge is 0.251 e. The number of nitrogens with one attached hydrogen (secondary N) is 1. The fourth-order valence-electron chi connectivity index (χ4n) is 1.85. The van der Waals surface area contributed by atoms with Gasteiger partial charge in [-0.25, -0.2) is 0 Å². The van der Waals surface area contributed by atoms with Crippen LogP contribution >= 0.6 is 15.9 Å². The molecule has 0 radical (unpaired) electrons. The van der Waals surface area contributed by atoms with E-state index < -0.39 is 0 Å². The van der Waals surface area contributed by atoms with Gasteiger partial charge < -0.3 is 10.4 Å². The molecule has 0 atom stereocenters. The van der Waals surface area contributed by atoms with E-state index in [4.69, 9.17) is 5.11 Å². The van der Waals surface area contributed by atoms with Crippen molar-refractivity contribution in [3.8, 4) is 0 Å². The van der Waals surface area contributed by atoms with Gasteiger partial charge in [0.25, 0.3) is 5.91 Å². The predicted molar refractivity (Wildman–Crippen MR) is 81.3 cm³/mol. The molecule has 0 fully saturated rings. The van der Waals surface area contributed by atoms with Gasteiger partial charge in [0.2, 0.25) is 0 Å². The number of aliphatic hydroxyl groups is 1. The second-order valence-corrected chi connectivity index (χ2v) is 6.49. The van der Waals surface area contributed by atoms with Gasteiger partial charge in [-0.1, -0.05) is 29.8 Å². The van der Waals surface area contributed by atoms with Crippen molar-refractivity contribution in [1.82, 2.24) is 5.32 Å². The van der Waals surface area contributed by atoms with Crippen LogP contribution in [0, 0.1) is 12.3 Å². The fraction of sp³-hybridized carbons (Fsp3) is 0.533. The van der Waals surface area contributed by atoms with Crippen LogP contribution in [0.4, 0.5) is 0 Å².